The van der Waals surface area contributed by atoms with Crippen LogP contribution in [0.4, 0.5) is 0 Å². The van der Waals surface area contributed by atoms with Gasteiger partial charge in [-0.05, 0) is 0 Å². The molecule has 0 bridgehead atoms. The molecule has 0 heterocycles. The molecule has 1 nitrogen and oxygen atoms in total. The molecule has 2 aromatic carbocycles. The first-order valence-electron chi connectivity index (χ1n) is 16.6. The zero-order valence-electron chi connectivity index (χ0n) is 31.2. The van der Waals surface area contributed by atoms with Gasteiger partial charge in [0.1, 0.15) is 0 Å². The molecule has 0 aliphatic heterocycles. The molecule has 0 spiro atoms. The van der Waals surface area contributed by atoms with Gasteiger partial charge in [-0.1, -0.05) is 0 Å². The van der Waals surface area contributed by atoms with Gasteiger partial charge in [-0.25, -0.2) is 0 Å². The summed E-state index contributed by atoms with van der Waals surface area (Å²) in [7, 11) is 1.27. The zero-order valence-corrected chi connectivity index (χ0v) is 34.2. The van der Waals surface area contributed by atoms with Crippen molar-refractivity contribution in [2.75, 3.05) is 0 Å². The minimum absolute atomic E-state index is 0.00908. The molecule has 0 unspecified atom stereocenters. The molecule has 0 aromatic heterocycles. The molecule has 0 aliphatic rings. The van der Waals surface area contributed by atoms with Crippen LogP contribution in [-0.4, -0.2) is 17.9 Å². The van der Waals surface area contributed by atoms with E-state index in [4.69, 9.17) is 0 Å². The maximum absolute atomic E-state index is 10.6. The van der Waals surface area contributed by atoms with Gasteiger partial charge in [0, 0.05) is 0 Å². The Morgan fingerprint density at radius 3 is 1.37 bits per heavy atom. The Labute approximate surface area is 271 Å². The van der Waals surface area contributed by atoms with Gasteiger partial charge in [-0.15, -0.1) is 0 Å². The average molecular weight is 663 g/mol. The quantitative estimate of drug-likeness (QED) is 0.214. The van der Waals surface area contributed by atoms with E-state index in [0.717, 1.165) is 0 Å². The van der Waals surface area contributed by atoms with Gasteiger partial charge < -0.3 is 0 Å². The summed E-state index contributed by atoms with van der Waals surface area (Å²) in [6, 6.07) is 12.8. The summed E-state index contributed by atoms with van der Waals surface area (Å²) in [4.78, 5) is 0. The van der Waals surface area contributed by atoms with E-state index >= 15 is 0 Å². The Morgan fingerprint density at radius 1 is 0.674 bits per heavy atom. The van der Waals surface area contributed by atoms with Crippen LogP contribution in [0.15, 0.2) is 24.3 Å². The molecule has 0 amide bonds. The van der Waals surface area contributed by atoms with Crippen LogP contribution in [-0.2, 0) is 16.2 Å². The van der Waals surface area contributed by atoms with Crippen LogP contribution in [0.2, 0.25) is 9.50 Å². The molecule has 1 atom stereocenters. The molecule has 43 heavy (non-hydrogen) atoms. The normalized spacial score (nSPS) is 15.1. The third kappa shape index (κ3) is 8.27. The molecular weight excluding hydrogens is 598 g/mol. The number of hydrogen-bond acceptors (Lipinski definition) is 1. The molecule has 2 rings (SSSR count). The third-order valence-corrected chi connectivity index (χ3v) is 24.4. The van der Waals surface area contributed by atoms with Gasteiger partial charge in [-0.3, -0.25) is 0 Å². The SMILES string of the molecule is CC(C)c1cc(C(C)C)[c]([Ge@@]([CH]=Pc2c(C(C)(C)C)cc(C(C)(C)C)cc2C(C)(C)C)([CH2]C#N)[C](C)(C)C)c(C(C)C)c1. The van der Waals surface area contributed by atoms with Crippen molar-refractivity contribution in [2.24, 2.45) is 0 Å². The van der Waals surface area contributed by atoms with E-state index in [2.05, 4.69) is 160 Å². The predicted octanol–water partition coefficient (Wildman–Crippen LogP) is 11.5. The summed E-state index contributed by atoms with van der Waals surface area (Å²) >= 11 is -3.28. The van der Waals surface area contributed by atoms with Crippen molar-refractivity contribution >= 4 is 35.8 Å². The number of nitriles is 1. The van der Waals surface area contributed by atoms with Crippen molar-refractivity contribution in [3.8, 4) is 6.07 Å². The fourth-order valence-corrected chi connectivity index (χ4v) is 21.5. The van der Waals surface area contributed by atoms with E-state index in [1.54, 1.807) is 4.40 Å². The second kappa shape index (κ2) is 13.2. The molecule has 0 saturated carbocycles. The van der Waals surface area contributed by atoms with Crippen LogP contribution in [0.25, 0.3) is 0 Å². The van der Waals surface area contributed by atoms with Gasteiger partial charge in [0.15, 0.2) is 0 Å². The standard InChI is InChI=1S/C40H64GeNP/c1-26(2)29-21-31(27(3)4)35(32(22-29)28(5)6)41(19-20-42,40(16,17)18)25-43-36-33(38(10,11)12)23-30(37(7,8)9)24-34(36)39(13,14)15/h21-28H,19H2,1-18H3/t41-/m0/s1. The van der Waals surface area contributed by atoms with Crippen molar-refractivity contribution in [1.29, 1.82) is 5.26 Å². The first kappa shape index (κ1) is 37.8. The monoisotopic (exact) mass is 663 g/mol. The Morgan fingerprint density at radius 2 is 1.09 bits per heavy atom. The van der Waals surface area contributed by atoms with Crippen LogP contribution < -0.4 is 9.70 Å². The first-order chi connectivity index (χ1) is 19.3. The topological polar surface area (TPSA) is 23.8 Å². The Balaban J connectivity index is 3.24. The summed E-state index contributed by atoms with van der Waals surface area (Å²) in [5.41, 5.74) is 8.81. The summed E-state index contributed by atoms with van der Waals surface area (Å²) in [5.74, 6) is 1.29. The van der Waals surface area contributed by atoms with Gasteiger partial charge in [0.2, 0.25) is 0 Å². The molecule has 0 N–H and O–H groups in total. The number of hydrogen-bond donors (Lipinski definition) is 0. The van der Waals surface area contributed by atoms with E-state index in [0.29, 0.717) is 23.0 Å². The fourth-order valence-electron chi connectivity index (χ4n) is 6.15. The third-order valence-electron chi connectivity index (χ3n) is 9.28. The zero-order chi connectivity index (χ0) is 33.5. The maximum atomic E-state index is 10.6. The predicted molar refractivity (Wildman–Crippen MR) is 199 cm³/mol. The second-order valence-electron chi connectivity index (χ2n) is 18.0. The summed E-state index contributed by atoms with van der Waals surface area (Å²) in [6.07, 6.45) is 0. The molecule has 0 radical (unpaired) electrons. The van der Waals surface area contributed by atoms with Crippen LogP contribution in [0.3, 0.4) is 0 Å². The van der Waals surface area contributed by atoms with E-state index in [1.807, 2.05) is 0 Å². The molecule has 3 heteroatoms. The van der Waals surface area contributed by atoms with E-state index in [-0.39, 0.29) is 20.5 Å². The Hall–Kier alpha value is -1.36. The Bertz CT molecular complexity index is 1290. The molecule has 0 saturated heterocycles. The van der Waals surface area contributed by atoms with Crippen molar-refractivity contribution in [2.45, 2.75) is 168 Å². The van der Waals surface area contributed by atoms with Crippen molar-refractivity contribution in [3.05, 3.63) is 57.6 Å². The van der Waals surface area contributed by atoms with Crippen LogP contribution >= 0.6 is 8.20 Å². The van der Waals surface area contributed by atoms with Crippen LogP contribution in [0.1, 0.15) is 176 Å². The van der Waals surface area contributed by atoms with E-state index in [9.17, 15) is 5.26 Å². The van der Waals surface area contributed by atoms with E-state index in [1.165, 1.54) is 46.9 Å². The average Bonchev–Trinajstić information content (AvgIpc) is 2.82. The second-order valence-corrected chi connectivity index (χ2v) is 29.6. The Kier molecular flexibility index (Phi) is 11.6. The molecule has 238 valence electrons. The molecule has 0 fully saturated rings. The van der Waals surface area contributed by atoms with Crippen LogP contribution in [0, 0.1) is 11.3 Å². The number of rotatable bonds is 7. The summed E-state index contributed by atoms with van der Waals surface area (Å²) in [5, 5.41) is 12.7. The number of nitrogens with zero attached hydrogens (tertiary/aromatic N) is 1. The van der Waals surface area contributed by atoms with Gasteiger partial charge >= 0.3 is 273 Å². The van der Waals surface area contributed by atoms with Gasteiger partial charge in [-0.2, -0.15) is 0 Å². The summed E-state index contributed by atoms with van der Waals surface area (Å²) in [6.45, 7) is 42.5. The fraction of sp³-hybridized carbons (Fsp3) is 0.650. The first-order valence-corrected chi connectivity index (χ1v) is 22.3. The molecule has 0 aliphatic carbocycles. The minimum atomic E-state index is -3.28. The van der Waals surface area contributed by atoms with Gasteiger partial charge in [0.05, 0.1) is 0 Å². The number of benzene rings is 2. The van der Waals surface area contributed by atoms with Crippen LogP contribution in [0.5, 0.6) is 0 Å². The van der Waals surface area contributed by atoms with Crippen molar-refractivity contribution < 1.29 is 0 Å². The molecular formula is C40H64GeNP. The van der Waals surface area contributed by atoms with Crippen molar-refractivity contribution in [3.63, 3.8) is 0 Å². The van der Waals surface area contributed by atoms with E-state index < -0.39 is 13.3 Å². The summed E-state index contributed by atoms with van der Waals surface area (Å²) < 4.78 is 4.34. The van der Waals surface area contributed by atoms with Crippen molar-refractivity contribution in [1.82, 2.24) is 0 Å². The van der Waals surface area contributed by atoms with Gasteiger partial charge in [0.25, 0.3) is 0 Å². The molecule has 2 aromatic rings.